The molecule has 0 aliphatic heterocycles. The Labute approximate surface area is 106 Å². The minimum atomic E-state index is -0.762. The molecular weight excluding hydrogens is 230 g/mol. The molecule has 0 saturated heterocycles. The average Bonchev–Trinajstić information content (AvgIpc) is 2.34. The molecule has 4 heteroatoms. The van der Waals surface area contributed by atoms with Crippen molar-refractivity contribution < 1.29 is 14.3 Å². The van der Waals surface area contributed by atoms with Gasteiger partial charge in [0.25, 0.3) is 5.91 Å². The van der Waals surface area contributed by atoms with Gasteiger partial charge in [0.05, 0.1) is 0 Å². The first-order chi connectivity index (χ1) is 8.50. The van der Waals surface area contributed by atoms with Gasteiger partial charge in [-0.05, 0) is 11.5 Å². The molecule has 0 fully saturated rings. The number of ether oxygens (including phenoxy) is 1. The van der Waals surface area contributed by atoms with Crippen LogP contribution in [0.3, 0.4) is 0 Å². The van der Waals surface area contributed by atoms with Gasteiger partial charge in [-0.2, -0.15) is 0 Å². The quantitative estimate of drug-likeness (QED) is 0.373. The first kappa shape index (κ1) is 14.0. The van der Waals surface area contributed by atoms with Crippen LogP contribution in [-0.4, -0.2) is 11.9 Å². The van der Waals surface area contributed by atoms with Crippen LogP contribution in [-0.2, 0) is 20.9 Å². The highest BCUT2D eigenvalue weighted by atomic mass is 16.5. The number of amides is 1. The topological polar surface area (TPSA) is 69.4 Å². The van der Waals surface area contributed by atoms with Gasteiger partial charge in [-0.15, -0.1) is 0 Å². The van der Waals surface area contributed by atoms with Crippen LogP contribution in [0.5, 0.6) is 0 Å². The van der Waals surface area contributed by atoms with Crippen LogP contribution in [0.2, 0.25) is 0 Å². The van der Waals surface area contributed by atoms with Crippen molar-refractivity contribution in [1.82, 2.24) is 0 Å². The number of esters is 1. The predicted molar refractivity (Wildman–Crippen MR) is 68.4 cm³/mol. The zero-order valence-electron chi connectivity index (χ0n) is 10.6. The molecule has 0 spiro atoms. The third kappa shape index (κ3) is 4.41. The molecule has 0 bridgehead atoms. The van der Waals surface area contributed by atoms with Crippen molar-refractivity contribution in [2.24, 2.45) is 11.7 Å². The van der Waals surface area contributed by atoms with E-state index in [-0.39, 0.29) is 18.1 Å². The Morgan fingerprint density at radius 1 is 1.28 bits per heavy atom. The van der Waals surface area contributed by atoms with E-state index in [0.29, 0.717) is 0 Å². The second-order valence-corrected chi connectivity index (χ2v) is 4.25. The van der Waals surface area contributed by atoms with Gasteiger partial charge < -0.3 is 10.5 Å². The van der Waals surface area contributed by atoms with Gasteiger partial charge in [0.2, 0.25) is 0 Å². The molecule has 96 valence electrons. The number of benzene rings is 1. The Balaban J connectivity index is 2.66. The molecule has 0 heterocycles. The van der Waals surface area contributed by atoms with Crippen molar-refractivity contribution in [3.05, 3.63) is 47.5 Å². The number of allylic oxidation sites excluding steroid dienone is 1. The Kier molecular flexibility index (Phi) is 5.11. The van der Waals surface area contributed by atoms with E-state index in [1.54, 1.807) is 0 Å². The maximum absolute atomic E-state index is 11.7. The molecule has 1 aromatic rings. The van der Waals surface area contributed by atoms with Gasteiger partial charge in [-0.3, -0.25) is 4.79 Å². The largest absolute Gasteiger partial charge is 0.457 e. The van der Waals surface area contributed by atoms with Gasteiger partial charge in [0.1, 0.15) is 12.2 Å². The van der Waals surface area contributed by atoms with Crippen LogP contribution in [0.15, 0.2) is 42.0 Å². The summed E-state index contributed by atoms with van der Waals surface area (Å²) in [4.78, 5) is 22.8. The van der Waals surface area contributed by atoms with Crippen LogP contribution in [0.4, 0.5) is 0 Å². The van der Waals surface area contributed by atoms with Crippen LogP contribution in [0.1, 0.15) is 19.4 Å². The maximum Gasteiger partial charge on any atom is 0.343 e. The minimum absolute atomic E-state index is 0.0526. The third-order valence-corrected chi connectivity index (χ3v) is 2.20. The Bertz CT molecular complexity index is 449. The van der Waals surface area contributed by atoms with Gasteiger partial charge in [-0.25, -0.2) is 4.79 Å². The van der Waals surface area contributed by atoms with Gasteiger partial charge in [-0.1, -0.05) is 50.3 Å². The first-order valence-corrected chi connectivity index (χ1v) is 5.73. The smallest absolute Gasteiger partial charge is 0.343 e. The predicted octanol–water partition coefficient (Wildman–Crippen LogP) is 1.80. The molecule has 0 saturated carbocycles. The zero-order valence-corrected chi connectivity index (χ0v) is 10.6. The Morgan fingerprint density at radius 3 is 2.39 bits per heavy atom. The molecule has 18 heavy (non-hydrogen) atoms. The first-order valence-electron chi connectivity index (χ1n) is 5.73. The second-order valence-electron chi connectivity index (χ2n) is 4.25. The summed E-state index contributed by atoms with van der Waals surface area (Å²) in [7, 11) is 0. The summed E-state index contributed by atoms with van der Waals surface area (Å²) in [6, 6.07) is 9.25. The van der Waals surface area contributed by atoms with Crippen LogP contribution in [0, 0.1) is 5.92 Å². The fourth-order valence-corrected chi connectivity index (χ4v) is 1.38. The lowest BCUT2D eigenvalue weighted by molar-refractivity contribution is -0.141. The molecule has 0 aromatic heterocycles. The SMILES string of the molecule is CC(C)C=C(C(N)=O)C(=O)OCc1ccccc1. The Morgan fingerprint density at radius 2 is 1.89 bits per heavy atom. The van der Waals surface area contributed by atoms with E-state index in [4.69, 9.17) is 10.5 Å². The summed E-state index contributed by atoms with van der Waals surface area (Å²) in [5, 5.41) is 0. The molecule has 1 aromatic carbocycles. The van der Waals surface area contributed by atoms with Crippen LogP contribution >= 0.6 is 0 Å². The lowest BCUT2D eigenvalue weighted by Gasteiger charge is -2.07. The van der Waals surface area contributed by atoms with Crippen LogP contribution < -0.4 is 5.73 Å². The van der Waals surface area contributed by atoms with E-state index < -0.39 is 11.9 Å². The molecule has 1 amide bonds. The standard InChI is InChI=1S/C14H17NO3/c1-10(2)8-12(13(15)16)14(17)18-9-11-6-4-3-5-7-11/h3-8,10H,9H2,1-2H3,(H2,15,16). The Hall–Kier alpha value is -2.10. The van der Waals surface area contributed by atoms with Crippen molar-refractivity contribution in [1.29, 1.82) is 0 Å². The zero-order chi connectivity index (χ0) is 13.5. The van der Waals surface area contributed by atoms with Crippen molar-refractivity contribution in [3.63, 3.8) is 0 Å². The van der Waals surface area contributed by atoms with Crippen LogP contribution in [0.25, 0.3) is 0 Å². The second kappa shape index (κ2) is 6.59. The fourth-order valence-electron chi connectivity index (χ4n) is 1.38. The molecule has 2 N–H and O–H groups in total. The number of nitrogens with two attached hydrogens (primary N) is 1. The highest BCUT2D eigenvalue weighted by molar-refractivity contribution is 6.15. The molecule has 0 aliphatic rings. The van der Waals surface area contributed by atoms with Gasteiger partial charge >= 0.3 is 5.97 Å². The molecule has 0 radical (unpaired) electrons. The minimum Gasteiger partial charge on any atom is -0.457 e. The van der Waals surface area contributed by atoms with Gasteiger partial charge in [0.15, 0.2) is 0 Å². The highest BCUT2D eigenvalue weighted by Crippen LogP contribution is 2.07. The molecule has 4 nitrogen and oxygen atoms in total. The highest BCUT2D eigenvalue weighted by Gasteiger charge is 2.17. The number of primary amides is 1. The van der Waals surface area contributed by atoms with Crippen molar-refractivity contribution in [2.45, 2.75) is 20.5 Å². The van der Waals surface area contributed by atoms with E-state index in [1.165, 1.54) is 6.08 Å². The number of rotatable bonds is 5. The fraction of sp³-hybridized carbons (Fsp3) is 0.286. The number of hydrogen-bond donors (Lipinski definition) is 1. The summed E-state index contributed by atoms with van der Waals surface area (Å²) in [5.41, 5.74) is 5.91. The summed E-state index contributed by atoms with van der Waals surface area (Å²) >= 11 is 0. The van der Waals surface area contributed by atoms with E-state index in [0.717, 1.165) is 5.56 Å². The van der Waals surface area contributed by atoms with Crippen molar-refractivity contribution >= 4 is 11.9 Å². The van der Waals surface area contributed by atoms with Crippen molar-refractivity contribution in [3.8, 4) is 0 Å². The number of carbonyl (C=O) groups is 2. The average molecular weight is 247 g/mol. The summed E-state index contributed by atoms with van der Waals surface area (Å²) < 4.78 is 5.04. The summed E-state index contributed by atoms with van der Waals surface area (Å²) in [5.74, 6) is -1.39. The van der Waals surface area contributed by atoms with E-state index in [9.17, 15) is 9.59 Å². The lowest BCUT2D eigenvalue weighted by Crippen LogP contribution is -2.23. The molecule has 0 atom stereocenters. The van der Waals surface area contributed by atoms with Crippen molar-refractivity contribution in [2.75, 3.05) is 0 Å². The lowest BCUT2D eigenvalue weighted by atomic mass is 10.1. The molecular formula is C14H17NO3. The summed E-state index contributed by atoms with van der Waals surface area (Å²) in [6.45, 7) is 3.84. The monoisotopic (exact) mass is 247 g/mol. The van der Waals surface area contributed by atoms with E-state index in [2.05, 4.69) is 0 Å². The normalized spacial score (nSPS) is 11.4. The molecule has 0 unspecified atom stereocenters. The van der Waals surface area contributed by atoms with E-state index >= 15 is 0 Å². The molecule has 0 aliphatic carbocycles. The third-order valence-electron chi connectivity index (χ3n) is 2.20. The maximum atomic E-state index is 11.7. The summed E-state index contributed by atoms with van der Waals surface area (Å²) in [6.07, 6.45) is 1.51. The van der Waals surface area contributed by atoms with E-state index in [1.807, 2.05) is 44.2 Å². The number of hydrogen-bond acceptors (Lipinski definition) is 3. The van der Waals surface area contributed by atoms with Gasteiger partial charge in [0, 0.05) is 0 Å². The number of carbonyl (C=O) groups excluding carboxylic acids is 2. The molecule has 1 rings (SSSR count).